The molecule has 3 rings (SSSR count). The molecule has 1 spiro atoms. The van der Waals surface area contributed by atoms with Gasteiger partial charge in [-0.25, -0.2) is 0 Å². The molecule has 0 saturated carbocycles. The van der Waals surface area contributed by atoms with E-state index in [1.807, 2.05) is 18.2 Å². The molecule has 7 heteroatoms. The lowest BCUT2D eigenvalue weighted by Gasteiger charge is -2.47. The van der Waals surface area contributed by atoms with E-state index >= 15 is 0 Å². The zero-order valence-corrected chi connectivity index (χ0v) is 18.1. The first kappa shape index (κ1) is 20.2. The van der Waals surface area contributed by atoms with Gasteiger partial charge in [-0.3, -0.25) is 0 Å². The second-order valence-corrected chi connectivity index (χ2v) is 14.1. The Morgan fingerprint density at radius 2 is 2.00 bits per heavy atom. The van der Waals surface area contributed by atoms with Crippen LogP contribution in [0.2, 0.25) is 18.1 Å². The second-order valence-electron chi connectivity index (χ2n) is 9.34. The average Bonchev–Trinajstić information content (AvgIpc) is 2.60. The predicted molar refractivity (Wildman–Crippen MR) is 110 cm³/mol. The highest BCUT2D eigenvalue weighted by Gasteiger charge is 2.46. The Morgan fingerprint density at radius 1 is 1.33 bits per heavy atom. The number of oxime groups is 1. The van der Waals surface area contributed by atoms with Crippen LogP contribution in [0.25, 0.3) is 0 Å². The molecule has 1 aromatic rings. The van der Waals surface area contributed by atoms with Crippen LogP contribution in [0.4, 0.5) is 0 Å². The number of nitrogens with two attached hydrogens (primary N) is 1. The van der Waals surface area contributed by atoms with Gasteiger partial charge in [-0.05, 0) is 62.3 Å². The quantitative estimate of drug-likeness (QED) is 0.240. The van der Waals surface area contributed by atoms with E-state index in [-0.39, 0.29) is 22.6 Å². The van der Waals surface area contributed by atoms with Crippen LogP contribution in [0.3, 0.4) is 0 Å². The number of amidine groups is 1. The number of benzene rings is 1. The largest absolute Gasteiger partial charge is 0.487 e. The molecule has 1 atom stereocenters. The van der Waals surface area contributed by atoms with Crippen LogP contribution in [-0.2, 0) is 4.43 Å². The molecule has 1 fully saturated rings. The first-order valence-electron chi connectivity index (χ1n) is 9.76. The summed E-state index contributed by atoms with van der Waals surface area (Å²) in [5.41, 5.74) is 7.34. The fraction of sp³-hybridized carbons (Fsp3) is 0.650. The molecule has 0 amide bonds. The second kappa shape index (κ2) is 7.11. The summed E-state index contributed by atoms with van der Waals surface area (Å²) in [4.78, 5) is 0. The van der Waals surface area contributed by atoms with Crippen molar-refractivity contribution in [3.63, 3.8) is 0 Å². The number of nitrogens with one attached hydrogen (secondary N) is 1. The fourth-order valence-corrected chi connectivity index (χ4v) is 4.93. The van der Waals surface area contributed by atoms with Crippen LogP contribution in [0.15, 0.2) is 23.4 Å². The van der Waals surface area contributed by atoms with E-state index < -0.39 is 8.32 Å². The normalized spacial score (nSPS) is 23.0. The first-order valence-corrected chi connectivity index (χ1v) is 12.7. The van der Waals surface area contributed by atoms with E-state index in [0.29, 0.717) is 5.56 Å². The van der Waals surface area contributed by atoms with Crippen LogP contribution < -0.4 is 15.8 Å². The summed E-state index contributed by atoms with van der Waals surface area (Å²) < 4.78 is 13.4. The van der Waals surface area contributed by atoms with E-state index in [0.717, 1.165) is 43.7 Å². The summed E-state index contributed by atoms with van der Waals surface area (Å²) >= 11 is 0. The molecule has 6 nitrogen and oxygen atoms in total. The van der Waals surface area contributed by atoms with Crippen molar-refractivity contribution in [1.29, 1.82) is 0 Å². The topological polar surface area (TPSA) is 89.1 Å². The molecule has 4 N–H and O–H groups in total. The smallest absolute Gasteiger partial charge is 0.192 e. The van der Waals surface area contributed by atoms with E-state index in [9.17, 15) is 0 Å². The molecule has 2 heterocycles. The van der Waals surface area contributed by atoms with Gasteiger partial charge in [0, 0.05) is 17.5 Å². The van der Waals surface area contributed by atoms with Gasteiger partial charge in [0.2, 0.25) is 0 Å². The van der Waals surface area contributed by atoms with Crippen molar-refractivity contribution >= 4 is 14.2 Å². The molecule has 150 valence electrons. The number of ether oxygens (including phenoxy) is 1. The fourth-order valence-electron chi connectivity index (χ4n) is 3.66. The van der Waals surface area contributed by atoms with Crippen LogP contribution in [0.5, 0.6) is 5.75 Å². The van der Waals surface area contributed by atoms with Gasteiger partial charge in [-0.15, -0.1) is 0 Å². The summed E-state index contributed by atoms with van der Waals surface area (Å²) in [5, 5.41) is 15.7. The molecule has 1 aromatic carbocycles. The number of rotatable bonds is 3. The van der Waals surface area contributed by atoms with Gasteiger partial charge in [-0.1, -0.05) is 25.9 Å². The van der Waals surface area contributed by atoms with Crippen LogP contribution >= 0.6 is 0 Å². The highest BCUT2D eigenvalue weighted by atomic mass is 28.4. The standard InChI is InChI=1S/C20H33N3O3Si/c1-19(2,3)27(4,5)26-17-13-20(8-10-22-11-9-20)25-16-7-6-14(12-15(16)17)18(21)23-24/h6-7,12,17,22,24H,8-11,13H2,1-5H3,(H2,21,23). The Balaban J connectivity index is 2.01. The zero-order chi connectivity index (χ0) is 19.9. The Bertz CT molecular complexity index is 722. The van der Waals surface area contributed by atoms with Crippen LogP contribution in [0.1, 0.15) is 57.3 Å². The third-order valence-corrected chi connectivity index (χ3v) is 10.9. The predicted octanol–water partition coefficient (Wildman–Crippen LogP) is 3.75. The van der Waals surface area contributed by atoms with Gasteiger partial charge < -0.3 is 25.4 Å². The highest BCUT2D eigenvalue weighted by molar-refractivity contribution is 6.74. The molecule has 1 unspecified atom stereocenters. The molecule has 0 bridgehead atoms. The van der Waals surface area contributed by atoms with Crippen molar-refractivity contribution in [1.82, 2.24) is 5.32 Å². The lowest BCUT2D eigenvalue weighted by Crippen LogP contribution is -2.51. The third-order valence-electron chi connectivity index (χ3n) is 6.40. The Kier molecular flexibility index (Phi) is 5.31. The minimum Gasteiger partial charge on any atom is -0.487 e. The monoisotopic (exact) mass is 391 g/mol. The van der Waals surface area contributed by atoms with Gasteiger partial charge in [-0.2, -0.15) is 0 Å². The molecular weight excluding hydrogens is 358 g/mol. The average molecular weight is 392 g/mol. The van der Waals surface area contributed by atoms with Gasteiger partial charge in [0.1, 0.15) is 11.4 Å². The maximum atomic E-state index is 9.05. The molecule has 1 saturated heterocycles. The first-order chi connectivity index (χ1) is 12.6. The van der Waals surface area contributed by atoms with Gasteiger partial charge in [0.15, 0.2) is 14.2 Å². The molecule has 0 aromatic heterocycles. The molecule has 2 aliphatic heterocycles. The summed E-state index contributed by atoms with van der Waals surface area (Å²) in [5.74, 6) is 0.965. The minimum absolute atomic E-state index is 0.0424. The van der Waals surface area contributed by atoms with Crippen molar-refractivity contribution in [2.24, 2.45) is 10.9 Å². The number of nitrogens with zero attached hydrogens (tertiary/aromatic N) is 1. The third kappa shape index (κ3) is 4.00. The van der Waals surface area contributed by atoms with Crippen molar-refractivity contribution < 1.29 is 14.4 Å². The van der Waals surface area contributed by atoms with Gasteiger partial charge in [0.05, 0.1) is 6.10 Å². The van der Waals surface area contributed by atoms with Crippen molar-refractivity contribution in [3.8, 4) is 5.75 Å². The van der Waals surface area contributed by atoms with Crippen molar-refractivity contribution in [2.75, 3.05) is 13.1 Å². The Labute approximate surface area is 163 Å². The SMILES string of the molecule is CC(C)(C)[Si](C)(C)OC1CC2(CCNCC2)Oc2ccc(C(N)=NO)cc21. The summed E-state index contributed by atoms with van der Waals surface area (Å²) in [6.45, 7) is 13.3. The molecule has 0 aliphatic carbocycles. The lowest BCUT2D eigenvalue weighted by atomic mass is 9.82. The van der Waals surface area contributed by atoms with Crippen LogP contribution in [0, 0.1) is 0 Å². The molecule has 0 radical (unpaired) electrons. The maximum absolute atomic E-state index is 9.05. The number of hydrogen-bond donors (Lipinski definition) is 3. The Morgan fingerprint density at radius 3 is 2.59 bits per heavy atom. The summed E-state index contributed by atoms with van der Waals surface area (Å²) in [6, 6.07) is 5.74. The van der Waals surface area contributed by atoms with Gasteiger partial charge >= 0.3 is 0 Å². The lowest BCUT2D eigenvalue weighted by molar-refractivity contribution is -0.0298. The van der Waals surface area contributed by atoms with Crippen molar-refractivity contribution in [3.05, 3.63) is 29.3 Å². The van der Waals surface area contributed by atoms with E-state index in [1.165, 1.54) is 0 Å². The van der Waals surface area contributed by atoms with Crippen LogP contribution in [-0.4, -0.2) is 38.1 Å². The zero-order valence-electron chi connectivity index (χ0n) is 17.1. The Hall–Kier alpha value is -1.57. The summed E-state index contributed by atoms with van der Waals surface area (Å²) in [7, 11) is -1.98. The molecular formula is C20H33N3O3Si. The highest BCUT2D eigenvalue weighted by Crippen LogP contribution is 2.49. The van der Waals surface area contributed by atoms with E-state index in [1.54, 1.807) is 0 Å². The van der Waals surface area contributed by atoms with E-state index in [2.05, 4.69) is 44.3 Å². The molecule has 27 heavy (non-hydrogen) atoms. The van der Waals surface area contributed by atoms with E-state index in [4.69, 9.17) is 20.1 Å². The minimum atomic E-state index is -1.98. The number of fused-ring (bicyclic) bond motifs is 1. The van der Waals surface area contributed by atoms with Crippen molar-refractivity contribution in [2.45, 2.75) is 69.9 Å². The molecule has 2 aliphatic rings. The number of piperidine rings is 1. The van der Waals surface area contributed by atoms with Gasteiger partial charge in [0.25, 0.3) is 0 Å². The number of hydrogen-bond acceptors (Lipinski definition) is 5. The maximum Gasteiger partial charge on any atom is 0.192 e. The summed E-state index contributed by atoms with van der Waals surface area (Å²) in [6.07, 6.45) is 2.75.